The van der Waals surface area contributed by atoms with Crippen LogP contribution in [-0.4, -0.2) is 58.8 Å². The highest BCUT2D eigenvalue weighted by molar-refractivity contribution is 5.98. The number of hydrogen-bond donors (Lipinski definition) is 1. The number of likely N-dealkylation sites (tertiary alicyclic amines) is 2. The van der Waals surface area contributed by atoms with Gasteiger partial charge in [0, 0.05) is 36.4 Å². The number of halogens is 1. The van der Waals surface area contributed by atoms with E-state index in [2.05, 4.69) is 23.7 Å². The molecule has 2 amide bonds. The quantitative estimate of drug-likeness (QED) is 0.814. The SMILES string of the molecule is CC(C)N1CCC(C(=O)N2CCCC(c3nc4ccc(F)cc4cc3C(N)=O)C2)CC1. The number of pyridine rings is 1. The Hall–Kier alpha value is -2.54. The van der Waals surface area contributed by atoms with E-state index in [0.717, 1.165) is 45.3 Å². The molecule has 7 heteroatoms. The van der Waals surface area contributed by atoms with Crippen LogP contribution in [0.1, 0.15) is 61.5 Å². The number of amides is 2. The van der Waals surface area contributed by atoms with Crippen LogP contribution in [0.4, 0.5) is 4.39 Å². The lowest BCUT2D eigenvalue weighted by Crippen LogP contribution is -2.47. The van der Waals surface area contributed by atoms with Crippen molar-refractivity contribution in [1.29, 1.82) is 0 Å². The maximum atomic E-state index is 13.6. The number of benzene rings is 1. The smallest absolute Gasteiger partial charge is 0.250 e. The fourth-order valence-corrected chi connectivity index (χ4v) is 4.99. The summed E-state index contributed by atoms with van der Waals surface area (Å²) in [5.41, 5.74) is 7.22. The van der Waals surface area contributed by atoms with Crippen LogP contribution >= 0.6 is 0 Å². The molecule has 0 bridgehead atoms. The van der Waals surface area contributed by atoms with Gasteiger partial charge in [0.2, 0.25) is 5.91 Å². The standard InChI is InChI=1S/C24H31FN4O2/c1-15(2)28-10-7-16(8-11-28)24(31)29-9-3-4-17(14-29)22-20(23(26)30)13-18-12-19(25)5-6-21(18)27-22/h5-6,12-13,15-17H,3-4,7-11,14H2,1-2H3,(H2,26,30). The first kappa shape index (κ1) is 21.7. The van der Waals surface area contributed by atoms with E-state index in [1.54, 1.807) is 12.1 Å². The Labute approximate surface area is 182 Å². The average molecular weight is 427 g/mol. The van der Waals surface area contributed by atoms with Gasteiger partial charge in [-0.1, -0.05) is 0 Å². The topological polar surface area (TPSA) is 79.5 Å². The number of piperidine rings is 2. The minimum Gasteiger partial charge on any atom is -0.366 e. The normalized spacial score (nSPS) is 21.0. The third-order valence-electron chi connectivity index (χ3n) is 6.80. The van der Waals surface area contributed by atoms with Crippen LogP contribution in [0.3, 0.4) is 0 Å². The largest absolute Gasteiger partial charge is 0.366 e. The molecular formula is C24H31FN4O2. The second-order valence-electron chi connectivity index (χ2n) is 9.15. The predicted octanol–water partition coefficient (Wildman–Crippen LogP) is 3.30. The molecule has 0 radical (unpaired) electrons. The molecule has 2 aromatic rings. The number of fused-ring (bicyclic) bond motifs is 1. The molecule has 166 valence electrons. The molecule has 0 spiro atoms. The summed E-state index contributed by atoms with van der Waals surface area (Å²) in [4.78, 5) is 34.4. The van der Waals surface area contributed by atoms with Crippen LogP contribution < -0.4 is 5.73 Å². The predicted molar refractivity (Wildman–Crippen MR) is 118 cm³/mol. The van der Waals surface area contributed by atoms with Gasteiger partial charge in [-0.05, 0) is 76.9 Å². The van der Waals surface area contributed by atoms with E-state index in [0.29, 0.717) is 34.7 Å². The lowest BCUT2D eigenvalue weighted by atomic mass is 9.88. The highest BCUT2D eigenvalue weighted by Crippen LogP contribution is 2.32. The zero-order valence-electron chi connectivity index (χ0n) is 18.3. The molecule has 1 unspecified atom stereocenters. The van der Waals surface area contributed by atoms with Gasteiger partial charge in [-0.25, -0.2) is 4.39 Å². The number of aromatic nitrogens is 1. The minimum absolute atomic E-state index is 0.0505. The number of carbonyl (C=O) groups excluding carboxylic acids is 2. The summed E-state index contributed by atoms with van der Waals surface area (Å²) >= 11 is 0. The van der Waals surface area contributed by atoms with E-state index in [9.17, 15) is 14.0 Å². The first-order chi connectivity index (χ1) is 14.8. The molecule has 4 rings (SSSR count). The van der Waals surface area contributed by atoms with Gasteiger partial charge in [0.1, 0.15) is 5.82 Å². The van der Waals surface area contributed by atoms with Gasteiger partial charge < -0.3 is 15.5 Å². The van der Waals surface area contributed by atoms with Crippen LogP contribution in [0.15, 0.2) is 24.3 Å². The zero-order valence-corrected chi connectivity index (χ0v) is 18.3. The van der Waals surface area contributed by atoms with Crippen molar-refractivity contribution in [2.24, 2.45) is 11.7 Å². The maximum absolute atomic E-state index is 13.6. The molecule has 1 aromatic carbocycles. The number of nitrogens with two attached hydrogens (primary N) is 1. The number of hydrogen-bond acceptors (Lipinski definition) is 4. The molecule has 2 N–H and O–H groups in total. The highest BCUT2D eigenvalue weighted by Gasteiger charge is 2.33. The van der Waals surface area contributed by atoms with Crippen molar-refractivity contribution in [3.05, 3.63) is 41.3 Å². The second kappa shape index (κ2) is 8.91. The molecule has 3 heterocycles. The molecule has 2 aliphatic heterocycles. The van der Waals surface area contributed by atoms with Crippen LogP contribution in [-0.2, 0) is 4.79 Å². The van der Waals surface area contributed by atoms with Crippen molar-refractivity contribution in [3.8, 4) is 0 Å². The fraction of sp³-hybridized carbons (Fsp3) is 0.542. The Morgan fingerprint density at radius 3 is 2.55 bits per heavy atom. The summed E-state index contributed by atoms with van der Waals surface area (Å²) in [7, 11) is 0. The van der Waals surface area contributed by atoms with Crippen molar-refractivity contribution >= 4 is 22.7 Å². The van der Waals surface area contributed by atoms with E-state index in [1.165, 1.54) is 12.1 Å². The number of rotatable bonds is 4. The first-order valence-corrected chi connectivity index (χ1v) is 11.3. The molecule has 2 fully saturated rings. The second-order valence-corrected chi connectivity index (χ2v) is 9.15. The van der Waals surface area contributed by atoms with Gasteiger partial charge in [0.15, 0.2) is 0 Å². The molecule has 2 aliphatic rings. The number of carbonyl (C=O) groups is 2. The summed E-state index contributed by atoms with van der Waals surface area (Å²) in [5.74, 6) is -0.715. The Balaban J connectivity index is 1.54. The van der Waals surface area contributed by atoms with Crippen LogP contribution in [0, 0.1) is 11.7 Å². The maximum Gasteiger partial charge on any atom is 0.250 e. The van der Waals surface area contributed by atoms with Crippen molar-refractivity contribution < 1.29 is 14.0 Å². The molecular weight excluding hydrogens is 395 g/mol. The summed E-state index contributed by atoms with van der Waals surface area (Å²) in [6, 6.07) is 6.48. The molecule has 0 saturated carbocycles. The van der Waals surface area contributed by atoms with Crippen LogP contribution in [0.2, 0.25) is 0 Å². The van der Waals surface area contributed by atoms with Crippen molar-refractivity contribution in [1.82, 2.24) is 14.8 Å². The Bertz CT molecular complexity index is 985. The molecule has 2 saturated heterocycles. The lowest BCUT2D eigenvalue weighted by Gasteiger charge is -2.39. The summed E-state index contributed by atoms with van der Waals surface area (Å²) in [6.07, 6.45) is 3.49. The summed E-state index contributed by atoms with van der Waals surface area (Å²) in [6.45, 7) is 7.59. The molecule has 6 nitrogen and oxygen atoms in total. The van der Waals surface area contributed by atoms with Gasteiger partial charge in [0.05, 0.1) is 16.8 Å². The number of nitrogens with zero attached hydrogens (tertiary/aromatic N) is 3. The van der Waals surface area contributed by atoms with Crippen molar-refractivity contribution in [2.75, 3.05) is 26.2 Å². The van der Waals surface area contributed by atoms with Gasteiger partial charge >= 0.3 is 0 Å². The molecule has 0 aliphatic carbocycles. The lowest BCUT2D eigenvalue weighted by molar-refractivity contribution is -0.138. The van der Waals surface area contributed by atoms with Gasteiger partial charge in [0.25, 0.3) is 5.91 Å². The Morgan fingerprint density at radius 1 is 1.13 bits per heavy atom. The van der Waals surface area contributed by atoms with E-state index >= 15 is 0 Å². The Kier molecular flexibility index (Phi) is 6.23. The van der Waals surface area contributed by atoms with E-state index in [-0.39, 0.29) is 23.6 Å². The van der Waals surface area contributed by atoms with Crippen molar-refractivity contribution in [2.45, 2.75) is 51.5 Å². The molecule has 31 heavy (non-hydrogen) atoms. The molecule has 1 atom stereocenters. The van der Waals surface area contributed by atoms with Gasteiger partial charge in [-0.15, -0.1) is 0 Å². The summed E-state index contributed by atoms with van der Waals surface area (Å²) < 4.78 is 13.6. The number of primary amides is 1. The van der Waals surface area contributed by atoms with E-state index < -0.39 is 5.91 Å². The Morgan fingerprint density at radius 2 is 1.87 bits per heavy atom. The minimum atomic E-state index is -0.571. The average Bonchev–Trinajstić information content (AvgIpc) is 2.77. The zero-order chi connectivity index (χ0) is 22.1. The highest BCUT2D eigenvalue weighted by atomic mass is 19.1. The summed E-state index contributed by atoms with van der Waals surface area (Å²) in [5, 5.41) is 0.554. The van der Waals surface area contributed by atoms with Crippen molar-refractivity contribution in [3.63, 3.8) is 0 Å². The fourth-order valence-electron chi connectivity index (χ4n) is 4.99. The van der Waals surface area contributed by atoms with Crippen LogP contribution in [0.25, 0.3) is 10.9 Å². The van der Waals surface area contributed by atoms with Gasteiger partial charge in [-0.3, -0.25) is 14.6 Å². The van der Waals surface area contributed by atoms with Gasteiger partial charge in [-0.2, -0.15) is 0 Å². The third-order valence-corrected chi connectivity index (χ3v) is 6.80. The molecule has 1 aromatic heterocycles. The third kappa shape index (κ3) is 4.56. The van der Waals surface area contributed by atoms with Crippen LogP contribution in [0.5, 0.6) is 0 Å². The monoisotopic (exact) mass is 426 g/mol. The van der Waals surface area contributed by atoms with E-state index in [1.807, 2.05) is 4.90 Å². The van der Waals surface area contributed by atoms with E-state index in [4.69, 9.17) is 5.73 Å². The first-order valence-electron chi connectivity index (χ1n) is 11.3.